The molecule has 1 aromatic rings. The van der Waals surface area contributed by atoms with Crippen molar-refractivity contribution in [1.29, 1.82) is 0 Å². The van der Waals surface area contributed by atoms with Crippen LogP contribution in [0.15, 0.2) is 47.6 Å². The van der Waals surface area contributed by atoms with Crippen LogP contribution in [0.2, 0.25) is 0 Å². The van der Waals surface area contributed by atoms with Gasteiger partial charge in [-0.3, -0.25) is 0 Å². The number of rotatable bonds is 4. The molecule has 134 valence electrons. The molecule has 1 aliphatic carbocycles. The Morgan fingerprint density at radius 2 is 1.92 bits per heavy atom. The summed E-state index contributed by atoms with van der Waals surface area (Å²) in [6, 6.07) is 6.11. The van der Waals surface area contributed by atoms with E-state index in [0.29, 0.717) is 12.3 Å². The number of aromatic hydroxyl groups is 1. The number of nitrogens with zero attached hydrogens (tertiary/aromatic N) is 2. The second kappa shape index (κ2) is 6.34. The molecule has 2 aliphatic rings. The van der Waals surface area contributed by atoms with Gasteiger partial charge in [-0.2, -0.15) is 5.10 Å². The zero-order valence-corrected chi connectivity index (χ0v) is 15.9. The maximum absolute atomic E-state index is 10.3. The normalized spacial score (nSPS) is 20.0. The fourth-order valence-corrected chi connectivity index (χ4v) is 3.87. The molecule has 0 bridgehead atoms. The first-order valence-corrected chi connectivity index (χ1v) is 8.94. The van der Waals surface area contributed by atoms with E-state index in [9.17, 15) is 5.11 Å². The smallest absolute Gasteiger partial charge is 0.120 e. The van der Waals surface area contributed by atoms with Gasteiger partial charge in [0.05, 0.1) is 18.3 Å². The number of hydrazone groups is 1. The Bertz CT molecular complexity index is 738. The molecular formula is C21H29N3O. The average molecular weight is 339 g/mol. The van der Waals surface area contributed by atoms with E-state index in [2.05, 4.69) is 57.3 Å². The summed E-state index contributed by atoms with van der Waals surface area (Å²) in [6.45, 7) is 11.9. The summed E-state index contributed by atoms with van der Waals surface area (Å²) >= 11 is 0. The SMILES string of the molecule is CC(C)(C)CC(C)(C)c1ccc(O)c(CN2N=C3C=CC=CC3N2)c1. The number of allylic oxidation sites excluding steroid dienone is 2. The topological polar surface area (TPSA) is 47.9 Å². The van der Waals surface area contributed by atoms with Crippen LogP contribution in [0.25, 0.3) is 0 Å². The second-order valence-corrected chi connectivity index (χ2v) is 8.90. The molecule has 3 rings (SSSR count). The lowest BCUT2D eigenvalue weighted by molar-refractivity contribution is 0.206. The highest BCUT2D eigenvalue weighted by Crippen LogP contribution is 2.37. The van der Waals surface area contributed by atoms with Gasteiger partial charge < -0.3 is 5.11 Å². The number of hydrogen-bond acceptors (Lipinski definition) is 4. The van der Waals surface area contributed by atoms with Gasteiger partial charge in [0, 0.05) is 5.56 Å². The number of fused-ring (bicyclic) bond motifs is 1. The molecule has 0 aromatic heterocycles. The summed E-state index contributed by atoms with van der Waals surface area (Å²) in [5, 5.41) is 16.7. The quantitative estimate of drug-likeness (QED) is 0.861. The van der Waals surface area contributed by atoms with E-state index in [4.69, 9.17) is 0 Å². The minimum atomic E-state index is 0.0461. The Kier molecular flexibility index (Phi) is 4.50. The van der Waals surface area contributed by atoms with E-state index in [0.717, 1.165) is 17.7 Å². The maximum Gasteiger partial charge on any atom is 0.120 e. The highest BCUT2D eigenvalue weighted by molar-refractivity contribution is 6.02. The van der Waals surface area contributed by atoms with Crippen LogP contribution in [0.3, 0.4) is 0 Å². The zero-order valence-electron chi connectivity index (χ0n) is 15.9. The van der Waals surface area contributed by atoms with E-state index in [1.54, 1.807) is 0 Å². The Hall–Kier alpha value is -2.07. The second-order valence-electron chi connectivity index (χ2n) is 8.90. The molecule has 0 fully saturated rings. The van der Waals surface area contributed by atoms with Gasteiger partial charge in [0.15, 0.2) is 0 Å². The summed E-state index contributed by atoms with van der Waals surface area (Å²) in [6.07, 6.45) is 9.19. The van der Waals surface area contributed by atoms with E-state index >= 15 is 0 Å². The van der Waals surface area contributed by atoms with Crippen LogP contribution in [-0.4, -0.2) is 22.0 Å². The predicted octanol–water partition coefficient (Wildman–Crippen LogP) is 4.28. The van der Waals surface area contributed by atoms with E-state index < -0.39 is 0 Å². The Balaban J connectivity index is 1.80. The van der Waals surface area contributed by atoms with Crippen molar-refractivity contribution in [2.75, 3.05) is 0 Å². The molecular weight excluding hydrogens is 310 g/mol. The van der Waals surface area contributed by atoms with Crippen molar-refractivity contribution in [2.45, 2.75) is 59.0 Å². The van der Waals surface area contributed by atoms with Crippen LogP contribution in [0.4, 0.5) is 0 Å². The molecule has 1 unspecified atom stereocenters. The molecule has 25 heavy (non-hydrogen) atoms. The first-order chi connectivity index (χ1) is 11.6. The van der Waals surface area contributed by atoms with Crippen LogP contribution in [0.1, 0.15) is 52.2 Å². The summed E-state index contributed by atoms with van der Waals surface area (Å²) in [7, 11) is 0. The van der Waals surface area contributed by atoms with Gasteiger partial charge in [-0.15, -0.1) is 0 Å². The Labute approximate surface area is 150 Å². The fourth-order valence-electron chi connectivity index (χ4n) is 3.87. The summed E-state index contributed by atoms with van der Waals surface area (Å²) in [5.41, 5.74) is 6.79. The fraction of sp³-hybridized carbons (Fsp3) is 0.476. The van der Waals surface area contributed by atoms with E-state index in [1.807, 2.05) is 35.5 Å². The van der Waals surface area contributed by atoms with Gasteiger partial charge in [-0.1, -0.05) is 58.9 Å². The van der Waals surface area contributed by atoms with Crippen molar-refractivity contribution in [3.8, 4) is 5.75 Å². The third kappa shape index (κ3) is 4.13. The Morgan fingerprint density at radius 3 is 2.60 bits per heavy atom. The van der Waals surface area contributed by atoms with Crippen molar-refractivity contribution in [3.05, 3.63) is 53.6 Å². The molecule has 0 radical (unpaired) electrons. The molecule has 0 saturated carbocycles. The first kappa shape index (κ1) is 17.7. The minimum absolute atomic E-state index is 0.0461. The number of hydrogen-bond donors (Lipinski definition) is 2. The highest BCUT2D eigenvalue weighted by atomic mass is 16.3. The minimum Gasteiger partial charge on any atom is -0.508 e. The number of nitrogens with one attached hydrogen (secondary N) is 1. The third-order valence-electron chi connectivity index (χ3n) is 4.68. The molecule has 2 N–H and O–H groups in total. The average Bonchev–Trinajstić information content (AvgIpc) is 2.89. The third-order valence-corrected chi connectivity index (χ3v) is 4.68. The maximum atomic E-state index is 10.3. The zero-order chi connectivity index (χ0) is 18.2. The van der Waals surface area contributed by atoms with Crippen molar-refractivity contribution in [1.82, 2.24) is 10.5 Å². The van der Waals surface area contributed by atoms with Gasteiger partial charge in [-0.25, -0.2) is 10.5 Å². The summed E-state index contributed by atoms with van der Waals surface area (Å²) in [5.74, 6) is 0.318. The highest BCUT2D eigenvalue weighted by Gasteiger charge is 2.29. The van der Waals surface area contributed by atoms with Crippen LogP contribution >= 0.6 is 0 Å². The van der Waals surface area contributed by atoms with Crippen molar-refractivity contribution < 1.29 is 5.11 Å². The number of phenols is 1. The van der Waals surface area contributed by atoms with Crippen LogP contribution < -0.4 is 5.43 Å². The first-order valence-electron chi connectivity index (χ1n) is 8.94. The van der Waals surface area contributed by atoms with Crippen LogP contribution in [-0.2, 0) is 12.0 Å². The molecule has 1 atom stereocenters. The number of hydrazine groups is 1. The van der Waals surface area contributed by atoms with Gasteiger partial charge in [0.1, 0.15) is 5.75 Å². The van der Waals surface area contributed by atoms with E-state index in [1.165, 1.54) is 5.56 Å². The largest absolute Gasteiger partial charge is 0.508 e. The van der Waals surface area contributed by atoms with Gasteiger partial charge in [-0.05, 0) is 41.0 Å². The molecule has 4 heteroatoms. The van der Waals surface area contributed by atoms with Gasteiger partial charge in [0.2, 0.25) is 0 Å². The van der Waals surface area contributed by atoms with Crippen LogP contribution in [0, 0.1) is 5.41 Å². The molecule has 0 saturated heterocycles. The molecule has 1 heterocycles. The monoisotopic (exact) mass is 339 g/mol. The van der Waals surface area contributed by atoms with Crippen molar-refractivity contribution in [2.24, 2.45) is 10.5 Å². The van der Waals surface area contributed by atoms with Gasteiger partial charge in [0.25, 0.3) is 0 Å². The molecule has 0 spiro atoms. The van der Waals surface area contributed by atoms with Crippen molar-refractivity contribution in [3.63, 3.8) is 0 Å². The van der Waals surface area contributed by atoms with Crippen LogP contribution in [0.5, 0.6) is 5.75 Å². The lowest BCUT2D eigenvalue weighted by Crippen LogP contribution is -2.36. The number of phenolic OH excluding ortho intramolecular Hbond substituents is 1. The molecule has 1 aromatic carbocycles. The predicted molar refractivity (Wildman–Crippen MR) is 103 cm³/mol. The summed E-state index contributed by atoms with van der Waals surface area (Å²) in [4.78, 5) is 0. The molecule has 4 nitrogen and oxygen atoms in total. The van der Waals surface area contributed by atoms with E-state index in [-0.39, 0.29) is 16.9 Å². The Morgan fingerprint density at radius 1 is 1.16 bits per heavy atom. The number of benzene rings is 1. The van der Waals surface area contributed by atoms with Gasteiger partial charge >= 0.3 is 0 Å². The standard InChI is InChI=1S/C21H29N3O/c1-20(2,3)14-21(4,5)16-10-11-19(25)15(12-16)13-24-22-17-8-6-7-9-18(17)23-24/h6-12,17,22,25H,13-14H2,1-5H3. The lowest BCUT2D eigenvalue weighted by atomic mass is 9.72. The molecule has 0 amide bonds. The summed E-state index contributed by atoms with van der Waals surface area (Å²) < 4.78 is 0. The van der Waals surface area contributed by atoms with Crippen molar-refractivity contribution >= 4 is 5.71 Å². The lowest BCUT2D eigenvalue weighted by Gasteiger charge is -2.33. The molecule has 1 aliphatic heterocycles.